The maximum atomic E-state index is 12.3. The molecule has 1 aromatic heterocycles. The van der Waals surface area contributed by atoms with Crippen LogP contribution in [0.5, 0.6) is 11.5 Å². The lowest BCUT2D eigenvalue weighted by Crippen LogP contribution is -2.34. The van der Waals surface area contributed by atoms with Crippen LogP contribution >= 0.6 is 0 Å². The van der Waals surface area contributed by atoms with Crippen molar-refractivity contribution < 1.29 is 28.5 Å². The van der Waals surface area contributed by atoms with E-state index in [2.05, 4.69) is 10.4 Å². The molecule has 2 aromatic carbocycles. The van der Waals surface area contributed by atoms with E-state index in [1.807, 2.05) is 48.5 Å². The summed E-state index contributed by atoms with van der Waals surface area (Å²) in [5.41, 5.74) is 1.99. The number of hydrogen-bond acceptors (Lipinski definition) is 7. The molecule has 0 unspecified atom stereocenters. The van der Waals surface area contributed by atoms with Crippen LogP contribution in [0.4, 0.5) is 4.79 Å². The summed E-state index contributed by atoms with van der Waals surface area (Å²) in [6.07, 6.45) is -0.486. The molecule has 0 saturated carbocycles. The number of rotatable bonds is 9. The molecule has 0 aliphatic carbocycles. The van der Waals surface area contributed by atoms with Crippen LogP contribution in [0.1, 0.15) is 38.2 Å². The molecule has 35 heavy (non-hydrogen) atoms. The van der Waals surface area contributed by atoms with Crippen LogP contribution in [0.2, 0.25) is 0 Å². The monoisotopic (exact) mass is 481 g/mol. The summed E-state index contributed by atoms with van der Waals surface area (Å²) in [6.45, 7) is 8.03. The maximum absolute atomic E-state index is 12.3. The third kappa shape index (κ3) is 7.23. The minimum absolute atomic E-state index is 0.214. The topological polar surface area (TPSA) is 101 Å². The van der Waals surface area contributed by atoms with Crippen molar-refractivity contribution in [1.82, 2.24) is 15.1 Å². The SMILES string of the molecule is CCOC(=O)c1cc(-c2ccc(OCCNC(=O)OC(C)(C)C)cc2)n(-c2ccc(OC)cc2)n1. The lowest BCUT2D eigenvalue weighted by molar-refractivity contribution is 0.0509. The summed E-state index contributed by atoms with van der Waals surface area (Å²) in [7, 11) is 1.60. The molecule has 0 radical (unpaired) electrons. The smallest absolute Gasteiger partial charge is 0.407 e. The average Bonchev–Trinajstić information content (AvgIpc) is 3.27. The van der Waals surface area contributed by atoms with Gasteiger partial charge in [-0.1, -0.05) is 0 Å². The predicted molar refractivity (Wildman–Crippen MR) is 131 cm³/mol. The van der Waals surface area contributed by atoms with Crippen LogP contribution in [0.25, 0.3) is 16.9 Å². The van der Waals surface area contributed by atoms with Crippen LogP contribution in [-0.2, 0) is 9.47 Å². The molecule has 0 bridgehead atoms. The highest BCUT2D eigenvalue weighted by atomic mass is 16.6. The zero-order valence-electron chi connectivity index (χ0n) is 20.7. The molecule has 0 spiro atoms. The van der Waals surface area contributed by atoms with Gasteiger partial charge < -0.3 is 24.3 Å². The fourth-order valence-electron chi connectivity index (χ4n) is 3.17. The lowest BCUT2D eigenvalue weighted by Gasteiger charge is -2.19. The number of ether oxygens (including phenoxy) is 4. The number of nitrogens with one attached hydrogen (secondary N) is 1. The van der Waals surface area contributed by atoms with Crippen LogP contribution in [0.3, 0.4) is 0 Å². The summed E-state index contributed by atoms with van der Waals surface area (Å²) in [5.74, 6) is 0.870. The molecule has 3 rings (SSSR count). The van der Waals surface area contributed by atoms with E-state index in [1.165, 1.54) is 0 Å². The van der Waals surface area contributed by atoms with E-state index in [4.69, 9.17) is 18.9 Å². The first-order chi connectivity index (χ1) is 16.7. The van der Waals surface area contributed by atoms with Gasteiger partial charge in [-0.2, -0.15) is 5.10 Å². The fraction of sp³-hybridized carbons (Fsp3) is 0.346. The standard InChI is InChI=1S/C26H31N3O6/c1-6-33-24(30)22-17-23(29(28-22)19-9-13-20(32-5)14-10-19)18-7-11-21(12-8-18)34-16-15-27-25(31)35-26(2,3)4/h7-14,17H,6,15-16H2,1-5H3,(H,27,31). The van der Waals surface area contributed by atoms with Gasteiger partial charge >= 0.3 is 12.1 Å². The molecular formula is C26H31N3O6. The quantitative estimate of drug-likeness (QED) is 0.351. The van der Waals surface area contributed by atoms with E-state index in [-0.39, 0.29) is 18.9 Å². The summed E-state index contributed by atoms with van der Waals surface area (Å²) in [6, 6.07) is 16.5. The number of benzene rings is 2. The van der Waals surface area contributed by atoms with Crippen LogP contribution in [0, 0.1) is 0 Å². The zero-order chi connectivity index (χ0) is 25.4. The summed E-state index contributed by atoms with van der Waals surface area (Å²) >= 11 is 0. The minimum atomic E-state index is -0.549. The second-order valence-corrected chi connectivity index (χ2v) is 8.55. The highest BCUT2D eigenvalue weighted by molar-refractivity contribution is 5.89. The molecule has 0 aliphatic rings. The Bertz CT molecular complexity index is 1130. The van der Waals surface area contributed by atoms with Gasteiger partial charge in [-0.05, 0) is 82.3 Å². The van der Waals surface area contributed by atoms with Gasteiger partial charge in [0.15, 0.2) is 5.69 Å². The molecule has 186 valence electrons. The first kappa shape index (κ1) is 25.6. The number of esters is 1. The Balaban J connectivity index is 1.73. The van der Waals surface area contributed by atoms with Crippen molar-refractivity contribution in [1.29, 1.82) is 0 Å². The number of carbonyl (C=O) groups is 2. The van der Waals surface area contributed by atoms with Crippen molar-refractivity contribution in [2.75, 3.05) is 26.9 Å². The van der Waals surface area contributed by atoms with Gasteiger partial charge in [0.25, 0.3) is 0 Å². The third-order valence-electron chi connectivity index (χ3n) is 4.70. The Kier molecular flexibility index (Phi) is 8.35. The molecule has 0 atom stereocenters. The molecule has 0 fully saturated rings. The van der Waals surface area contributed by atoms with Crippen LogP contribution < -0.4 is 14.8 Å². The minimum Gasteiger partial charge on any atom is -0.497 e. The van der Waals surface area contributed by atoms with E-state index >= 15 is 0 Å². The Labute approximate surface area is 204 Å². The lowest BCUT2D eigenvalue weighted by atomic mass is 10.1. The van der Waals surface area contributed by atoms with Gasteiger partial charge in [-0.15, -0.1) is 0 Å². The molecule has 9 heteroatoms. The second kappa shape index (κ2) is 11.4. The highest BCUT2D eigenvalue weighted by Gasteiger charge is 2.18. The summed E-state index contributed by atoms with van der Waals surface area (Å²) in [5, 5.41) is 7.13. The number of amides is 1. The summed E-state index contributed by atoms with van der Waals surface area (Å²) in [4.78, 5) is 24.0. The summed E-state index contributed by atoms with van der Waals surface area (Å²) < 4.78 is 23.0. The number of methoxy groups -OCH3 is 1. The van der Waals surface area contributed by atoms with Gasteiger partial charge in [0.05, 0.1) is 31.6 Å². The first-order valence-electron chi connectivity index (χ1n) is 11.3. The highest BCUT2D eigenvalue weighted by Crippen LogP contribution is 2.27. The Morgan fingerprint density at radius 1 is 1.00 bits per heavy atom. The van der Waals surface area contributed by atoms with Crippen molar-refractivity contribution in [3.8, 4) is 28.4 Å². The van der Waals surface area contributed by atoms with Gasteiger partial charge in [0.1, 0.15) is 23.7 Å². The van der Waals surface area contributed by atoms with Gasteiger partial charge in [0.2, 0.25) is 0 Å². The average molecular weight is 482 g/mol. The van der Waals surface area contributed by atoms with E-state index in [0.717, 1.165) is 22.7 Å². The van der Waals surface area contributed by atoms with Crippen LogP contribution in [0.15, 0.2) is 54.6 Å². The number of carbonyl (C=O) groups excluding carboxylic acids is 2. The molecule has 1 N–H and O–H groups in total. The molecule has 0 aliphatic heterocycles. The Morgan fingerprint density at radius 2 is 1.66 bits per heavy atom. The van der Waals surface area contributed by atoms with Crippen molar-refractivity contribution in [2.24, 2.45) is 0 Å². The fourth-order valence-corrected chi connectivity index (χ4v) is 3.17. The van der Waals surface area contributed by atoms with E-state index in [0.29, 0.717) is 12.3 Å². The van der Waals surface area contributed by atoms with E-state index < -0.39 is 17.7 Å². The van der Waals surface area contributed by atoms with Gasteiger partial charge in [0, 0.05) is 5.56 Å². The first-order valence-corrected chi connectivity index (χ1v) is 11.3. The molecule has 3 aromatic rings. The zero-order valence-corrected chi connectivity index (χ0v) is 20.7. The second-order valence-electron chi connectivity index (χ2n) is 8.55. The predicted octanol–water partition coefficient (Wildman–Crippen LogP) is 4.63. The Morgan fingerprint density at radius 3 is 2.26 bits per heavy atom. The van der Waals surface area contributed by atoms with E-state index in [1.54, 1.807) is 45.6 Å². The van der Waals surface area contributed by atoms with Gasteiger partial charge in [-0.25, -0.2) is 14.3 Å². The van der Waals surface area contributed by atoms with Crippen molar-refractivity contribution in [2.45, 2.75) is 33.3 Å². The largest absolute Gasteiger partial charge is 0.497 e. The van der Waals surface area contributed by atoms with Crippen molar-refractivity contribution in [3.05, 3.63) is 60.3 Å². The van der Waals surface area contributed by atoms with Crippen LogP contribution in [-0.4, -0.2) is 54.3 Å². The molecular weight excluding hydrogens is 450 g/mol. The molecule has 0 saturated heterocycles. The van der Waals surface area contributed by atoms with Crippen molar-refractivity contribution in [3.63, 3.8) is 0 Å². The maximum Gasteiger partial charge on any atom is 0.407 e. The molecule has 1 heterocycles. The molecule has 1 amide bonds. The number of hydrogen-bond donors (Lipinski definition) is 1. The number of alkyl carbamates (subject to hydrolysis) is 1. The Hall–Kier alpha value is -4.01. The number of nitrogens with zero attached hydrogens (tertiary/aromatic N) is 2. The normalized spacial score (nSPS) is 11.0. The van der Waals surface area contributed by atoms with E-state index in [9.17, 15) is 9.59 Å². The van der Waals surface area contributed by atoms with Gasteiger partial charge in [-0.3, -0.25) is 0 Å². The molecule has 9 nitrogen and oxygen atoms in total. The third-order valence-corrected chi connectivity index (χ3v) is 4.70. The van der Waals surface area contributed by atoms with Crippen molar-refractivity contribution >= 4 is 12.1 Å². The number of aromatic nitrogens is 2.